The van der Waals surface area contributed by atoms with Gasteiger partial charge in [-0.3, -0.25) is 10.1 Å². The second-order valence-electron chi connectivity index (χ2n) is 7.32. The average Bonchev–Trinajstić information content (AvgIpc) is 3.17. The highest BCUT2D eigenvalue weighted by atomic mass is 32.1. The van der Waals surface area contributed by atoms with Crippen molar-refractivity contribution >= 4 is 27.2 Å². The first-order valence-corrected chi connectivity index (χ1v) is 10.7. The molecular weight excluding hydrogens is 398 g/mol. The van der Waals surface area contributed by atoms with Crippen molar-refractivity contribution in [1.82, 2.24) is 9.97 Å². The number of aromatic nitrogens is 2. The molecule has 2 heterocycles. The normalized spacial score (nSPS) is 13.2. The zero-order chi connectivity index (χ0) is 20.5. The summed E-state index contributed by atoms with van der Waals surface area (Å²) < 4.78 is 6.20. The summed E-state index contributed by atoms with van der Waals surface area (Å²) in [5, 5.41) is 12.0. The van der Waals surface area contributed by atoms with Gasteiger partial charge >= 0.3 is 0 Å². The Balaban J connectivity index is 1.59. The van der Waals surface area contributed by atoms with E-state index in [1.54, 1.807) is 23.5 Å². The van der Waals surface area contributed by atoms with Gasteiger partial charge in [0, 0.05) is 22.6 Å². The van der Waals surface area contributed by atoms with Gasteiger partial charge in [-0.2, -0.15) is 4.98 Å². The average molecular weight is 417 g/mol. The number of nitro benzene ring substituents is 1. The molecule has 0 spiro atoms. The number of non-ortho nitro benzene ring substituents is 1. The van der Waals surface area contributed by atoms with E-state index in [0.717, 1.165) is 34.2 Å². The zero-order valence-corrected chi connectivity index (χ0v) is 17.0. The molecule has 6 nitrogen and oxygen atoms in total. The van der Waals surface area contributed by atoms with Gasteiger partial charge in [-0.1, -0.05) is 30.3 Å². The fourth-order valence-corrected chi connectivity index (χ4v) is 5.07. The summed E-state index contributed by atoms with van der Waals surface area (Å²) in [6, 6.07) is 16.3. The largest absolute Gasteiger partial charge is 0.472 e. The van der Waals surface area contributed by atoms with Crippen LogP contribution < -0.4 is 4.74 Å². The van der Waals surface area contributed by atoms with Crippen molar-refractivity contribution < 1.29 is 9.66 Å². The number of benzene rings is 2. The molecule has 1 aliphatic rings. The molecule has 4 aromatic rings. The molecule has 0 N–H and O–H groups in total. The minimum atomic E-state index is -0.407. The Bertz CT molecular complexity index is 1220. The highest BCUT2D eigenvalue weighted by Gasteiger charge is 2.22. The summed E-state index contributed by atoms with van der Waals surface area (Å²) in [7, 11) is 0. The van der Waals surface area contributed by atoms with Crippen LogP contribution in [0.5, 0.6) is 5.88 Å². The minimum absolute atomic E-state index is 0.0481. The fourth-order valence-electron chi connectivity index (χ4n) is 3.82. The predicted molar refractivity (Wildman–Crippen MR) is 117 cm³/mol. The zero-order valence-electron chi connectivity index (χ0n) is 16.2. The molecule has 0 aliphatic heterocycles. The Morgan fingerprint density at radius 1 is 1.00 bits per heavy atom. The van der Waals surface area contributed by atoms with Gasteiger partial charge in [-0.25, -0.2) is 4.98 Å². The van der Waals surface area contributed by atoms with Gasteiger partial charge in [0.25, 0.3) is 5.69 Å². The van der Waals surface area contributed by atoms with Crippen molar-refractivity contribution in [3.63, 3.8) is 0 Å². The van der Waals surface area contributed by atoms with E-state index >= 15 is 0 Å². The number of hydrogen-bond acceptors (Lipinski definition) is 6. The van der Waals surface area contributed by atoms with E-state index < -0.39 is 4.92 Å². The molecule has 0 amide bonds. The van der Waals surface area contributed by atoms with Crippen LogP contribution in [0.2, 0.25) is 0 Å². The molecule has 0 unspecified atom stereocenters. The van der Waals surface area contributed by atoms with Gasteiger partial charge in [0.15, 0.2) is 5.82 Å². The van der Waals surface area contributed by atoms with Crippen LogP contribution in [-0.4, -0.2) is 14.9 Å². The fraction of sp³-hybridized carbons (Fsp3) is 0.217. The van der Waals surface area contributed by atoms with Crippen LogP contribution in [0.15, 0.2) is 54.6 Å². The molecular formula is C23H19N3O3S. The van der Waals surface area contributed by atoms with Gasteiger partial charge in [-0.15, -0.1) is 11.3 Å². The summed E-state index contributed by atoms with van der Waals surface area (Å²) in [5.74, 6) is 1.12. The highest BCUT2D eigenvalue weighted by Crippen LogP contribution is 2.40. The molecule has 0 fully saturated rings. The van der Waals surface area contributed by atoms with Gasteiger partial charge < -0.3 is 4.74 Å². The lowest BCUT2D eigenvalue weighted by atomic mass is 9.97. The number of rotatable bonds is 5. The Morgan fingerprint density at radius 3 is 2.53 bits per heavy atom. The van der Waals surface area contributed by atoms with E-state index in [-0.39, 0.29) is 5.69 Å². The smallest absolute Gasteiger partial charge is 0.269 e. The number of fused-ring (bicyclic) bond motifs is 3. The lowest BCUT2D eigenvalue weighted by Gasteiger charge is -2.13. The molecule has 2 aromatic carbocycles. The van der Waals surface area contributed by atoms with Crippen molar-refractivity contribution in [2.75, 3.05) is 0 Å². The quantitative estimate of drug-likeness (QED) is 0.306. The second-order valence-corrected chi connectivity index (χ2v) is 8.41. The van der Waals surface area contributed by atoms with Crippen molar-refractivity contribution in [2.24, 2.45) is 0 Å². The number of hydrogen-bond donors (Lipinski definition) is 0. The highest BCUT2D eigenvalue weighted by molar-refractivity contribution is 7.18. The SMILES string of the molecule is O=[N+]([O-])c1ccc(-c2nc(OCc3ccccc3)c3c4c(sc3n2)CCCC4)cc1. The standard InChI is InChI=1S/C23H19N3O3S/c27-26(28)17-12-10-16(11-13-17)21-24-22(29-14-15-6-2-1-3-7-15)20-18-8-4-5-9-19(18)30-23(20)25-21/h1-3,6-7,10-13H,4-5,8-9,14H2. The van der Waals surface area contributed by atoms with Gasteiger partial charge in [0.05, 0.1) is 10.3 Å². The molecule has 0 bridgehead atoms. The topological polar surface area (TPSA) is 78.2 Å². The third kappa shape index (κ3) is 3.52. The van der Waals surface area contributed by atoms with E-state index in [1.165, 1.54) is 35.4 Å². The lowest BCUT2D eigenvalue weighted by Crippen LogP contribution is -2.03. The van der Waals surface area contributed by atoms with E-state index in [0.29, 0.717) is 18.3 Å². The monoisotopic (exact) mass is 417 g/mol. The van der Waals surface area contributed by atoms with Crippen LogP contribution in [0.3, 0.4) is 0 Å². The third-order valence-corrected chi connectivity index (χ3v) is 6.52. The first kappa shape index (κ1) is 18.7. The first-order chi connectivity index (χ1) is 14.7. The van der Waals surface area contributed by atoms with Crippen LogP contribution in [0.25, 0.3) is 21.6 Å². The molecule has 0 saturated carbocycles. The molecule has 30 heavy (non-hydrogen) atoms. The summed E-state index contributed by atoms with van der Waals surface area (Å²) in [6.07, 6.45) is 4.46. The van der Waals surface area contributed by atoms with Crippen LogP contribution in [-0.2, 0) is 19.4 Å². The summed E-state index contributed by atoms with van der Waals surface area (Å²) in [5.41, 5.74) is 3.18. The van der Waals surface area contributed by atoms with Gasteiger partial charge in [-0.05, 0) is 48.9 Å². The molecule has 0 atom stereocenters. The molecule has 0 radical (unpaired) electrons. The summed E-state index contributed by atoms with van der Waals surface area (Å²) >= 11 is 1.71. The molecule has 150 valence electrons. The Labute approximate surface area is 177 Å². The van der Waals surface area contributed by atoms with E-state index in [4.69, 9.17) is 14.7 Å². The maximum absolute atomic E-state index is 11.0. The van der Waals surface area contributed by atoms with Crippen molar-refractivity contribution in [1.29, 1.82) is 0 Å². The molecule has 1 aliphatic carbocycles. The summed E-state index contributed by atoms with van der Waals surface area (Å²) in [6.45, 7) is 0.428. The summed E-state index contributed by atoms with van der Waals surface area (Å²) in [4.78, 5) is 22.4. The predicted octanol–water partition coefficient (Wildman–Crippen LogP) is 5.72. The Kier molecular flexibility index (Phi) is 4.88. The van der Waals surface area contributed by atoms with Crippen LogP contribution in [0, 0.1) is 10.1 Å². The third-order valence-electron chi connectivity index (χ3n) is 5.34. The van der Waals surface area contributed by atoms with E-state index in [9.17, 15) is 10.1 Å². The van der Waals surface area contributed by atoms with Crippen LogP contribution in [0.1, 0.15) is 28.8 Å². The maximum Gasteiger partial charge on any atom is 0.269 e. The van der Waals surface area contributed by atoms with Crippen molar-refractivity contribution in [3.8, 4) is 17.3 Å². The van der Waals surface area contributed by atoms with E-state index in [1.807, 2.05) is 30.3 Å². The first-order valence-electron chi connectivity index (χ1n) is 9.93. The molecule has 2 aromatic heterocycles. The number of aryl methyl sites for hydroxylation is 2. The molecule has 5 rings (SSSR count). The van der Waals surface area contributed by atoms with Gasteiger partial charge in [0.2, 0.25) is 5.88 Å². The Morgan fingerprint density at radius 2 is 1.77 bits per heavy atom. The maximum atomic E-state index is 11.0. The van der Waals surface area contributed by atoms with Gasteiger partial charge in [0.1, 0.15) is 11.4 Å². The second kappa shape index (κ2) is 7.84. The van der Waals surface area contributed by atoms with Crippen molar-refractivity contribution in [3.05, 3.63) is 80.7 Å². The molecule has 7 heteroatoms. The lowest BCUT2D eigenvalue weighted by molar-refractivity contribution is -0.384. The number of ether oxygens (including phenoxy) is 1. The van der Waals surface area contributed by atoms with Crippen LogP contribution in [0.4, 0.5) is 5.69 Å². The van der Waals surface area contributed by atoms with Crippen molar-refractivity contribution in [2.45, 2.75) is 32.3 Å². The molecule has 0 saturated heterocycles. The van der Waals surface area contributed by atoms with E-state index in [2.05, 4.69) is 0 Å². The Hall–Kier alpha value is -3.32. The number of nitrogens with zero attached hydrogens (tertiary/aromatic N) is 3. The number of nitro groups is 1. The number of thiophene rings is 1. The minimum Gasteiger partial charge on any atom is -0.472 e. The van der Waals surface area contributed by atoms with Crippen LogP contribution >= 0.6 is 11.3 Å².